The Bertz CT molecular complexity index is 426. The molecule has 2 rings (SSSR count). The molecule has 2 aliphatic heterocycles. The smallest absolute Gasteiger partial charge is 0.320 e. The van der Waals surface area contributed by atoms with Crippen LogP contribution < -0.4 is 5.32 Å². The lowest BCUT2D eigenvalue weighted by atomic mass is 10.0. The van der Waals surface area contributed by atoms with E-state index in [1.807, 2.05) is 0 Å². The van der Waals surface area contributed by atoms with E-state index in [4.69, 9.17) is 5.11 Å². The third kappa shape index (κ3) is 3.65. The maximum Gasteiger partial charge on any atom is 0.320 e. The van der Waals surface area contributed by atoms with Gasteiger partial charge in [0, 0.05) is 33.1 Å². The van der Waals surface area contributed by atoms with Crippen LogP contribution in [0.1, 0.15) is 32.1 Å². The summed E-state index contributed by atoms with van der Waals surface area (Å²) in [6, 6.07) is -0.445. The fourth-order valence-corrected chi connectivity index (χ4v) is 3.19. The number of hydrogen-bond donors (Lipinski definition) is 2. The van der Waals surface area contributed by atoms with Crippen LogP contribution in [0.15, 0.2) is 0 Å². The van der Waals surface area contributed by atoms with Crippen molar-refractivity contribution in [2.45, 2.75) is 38.1 Å². The number of aliphatic carboxylic acids is 1. The molecule has 2 fully saturated rings. The quantitative estimate of drug-likeness (QED) is 0.791. The Morgan fingerprint density at radius 3 is 2.67 bits per heavy atom. The standard InChI is InChI=1S/C14H23N3O4/c1-15-13(20)11-3-2-7-17(11)14(21)16-8-6-10(9-16)4-5-12(18)19/h10-11H,2-9H2,1H3,(H,15,20)(H,18,19). The van der Waals surface area contributed by atoms with Gasteiger partial charge in [-0.15, -0.1) is 0 Å². The van der Waals surface area contributed by atoms with Crippen LogP contribution in [0.25, 0.3) is 0 Å². The molecule has 0 aromatic carbocycles. The molecule has 2 aliphatic rings. The normalized spacial score (nSPS) is 25.2. The Morgan fingerprint density at radius 2 is 2.00 bits per heavy atom. The van der Waals surface area contributed by atoms with Crippen molar-refractivity contribution < 1.29 is 19.5 Å². The minimum absolute atomic E-state index is 0.0843. The van der Waals surface area contributed by atoms with Crippen molar-refractivity contribution >= 4 is 17.9 Å². The average Bonchev–Trinajstić information content (AvgIpc) is 3.12. The van der Waals surface area contributed by atoms with Gasteiger partial charge in [-0.25, -0.2) is 4.79 Å². The summed E-state index contributed by atoms with van der Waals surface area (Å²) in [4.78, 5) is 38.3. The van der Waals surface area contributed by atoms with Gasteiger partial charge in [0.15, 0.2) is 0 Å². The van der Waals surface area contributed by atoms with Crippen LogP contribution in [0.2, 0.25) is 0 Å². The second-order valence-electron chi connectivity index (χ2n) is 5.78. The summed E-state index contributed by atoms with van der Waals surface area (Å²) in [5, 5.41) is 11.3. The average molecular weight is 297 g/mol. The van der Waals surface area contributed by atoms with Crippen molar-refractivity contribution in [3.8, 4) is 0 Å². The summed E-state index contributed by atoms with van der Waals surface area (Å²) in [6.45, 7) is 1.87. The zero-order valence-electron chi connectivity index (χ0n) is 12.4. The number of carboxylic acids is 1. The van der Waals surface area contributed by atoms with Crippen molar-refractivity contribution in [3.63, 3.8) is 0 Å². The molecule has 0 aromatic heterocycles. The van der Waals surface area contributed by atoms with E-state index in [0.29, 0.717) is 32.5 Å². The summed E-state index contributed by atoms with van der Waals surface area (Å²) < 4.78 is 0. The molecule has 3 amide bonds. The van der Waals surface area contributed by atoms with Crippen LogP contribution in [-0.2, 0) is 9.59 Å². The molecule has 118 valence electrons. The molecule has 0 radical (unpaired) electrons. The number of nitrogens with zero attached hydrogens (tertiary/aromatic N) is 2. The minimum atomic E-state index is -0.793. The molecular formula is C14H23N3O4. The highest BCUT2D eigenvalue weighted by molar-refractivity contribution is 5.87. The van der Waals surface area contributed by atoms with Gasteiger partial charge in [0.25, 0.3) is 0 Å². The molecule has 2 atom stereocenters. The lowest BCUT2D eigenvalue weighted by molar-refractivity contribution is -0.137. The first-order valence-electron chi connectivity index (χ1n) is 7.52. The monoisotopic (exact) mass is 297 g/mol. The van der Waals surface area contributed by atoms with Crippen molar-refractivity contribution in [3.05, 3.63) is 0 Å². The fourth-order valence-electron chi connectivity index (χ4n) is 3.19. The molecular weight excluding hydrogens is 274 g/mol. The SMILES string of the molecule is CNC(=O)C1CCCN1C(=O)N1CCC(CCC(=O)O)C1. The molecule has 2 heterocycles. The van der Waals surface area contributed by atoms with Crippen LogP contribution in [0.3, 0.4) is 0 Å². The maximum absolute atomic E-state index is 12.5. The second kappa shape index (κ2) is 6.78. The molecule has 0 saturated carbocycles. The lowest BCUT2D eigenvalue weighted by Gasteiger charge is -2.28. The maximum atomic E-state index is 12.5. The van der Waals surface area contributed by atoms with Gasteiger partial charge in [-0.05, 0) is 31.6 Å². The van der Waals surface area contributed by atoms with Crippen LogP contribution in [0.4, 0.5) is 4.79 Å². The van der Waals surface area contributed by atoms with Gasteiger partial charge < -0.3 is 20.2 Å². The molecule has 7 nitrogen and oxygen atoms in total. The van der Waals surface area contributed by atoms with E-state index in [9.17, 15) is 14.4 Å². The van der Waals surface area contributed by atoms with E-state index in [-0.39, 0.29) is 30.3 Å². The summed E-state index contributed by atoms with van der Waals surface area (Å²) in [6.07, 6.45) is 3.16. The Morgan fingerprint density at radius 1 is 1.24 bits per heavy atom. The molecule has 2 saturated heterocycles. The molecule has 0 aromatic rings. The first-order valence-corrected chi connectivity index (χ1v) is 7.52. The van der Waals surface area contributed by atoms with E-state index >= 15 is 0 Å². The van der Waals surface area contributed by atoms with Crippen molar-refractivity contribution in [1.82, 2.24) is 15.1 Å². The Labute approximate surface area is 124 Å². The molecule has 21 heavy (non-hydrogen) atoms. The Hall–Kier alpha value is -1.79. The van der Waals surface area contributed by atoms with Gasteiger partial charge in [0.2, 0.25) is 5.91 Å². The van der Waals surface area contributed by atoms with E-state index in [2.05, 4.69) is 5.32 Å². The highest BCUT2D eigenvalue weighted by Crippen LogP contribution is 2.25. The largest absolute Gasteiger partial charge is 0.481 e. The van der Waals surface area contributed by atoms with Gasteiger partial charge >= 0.3 is 12.0 Å². The van der Waals surface area contributed by atoms with Crippen LogP contribution >= 0.6 is 0 Å². The number of likely N-dealkylation sites (tertiary alicyclic amines) is 2. The summed E-state index contributed by atoms with van der Waals surface area (Å²) in [5.41, 5.74) is 0. The Balaban J connectivity index is 1.89. The van der Waals surface area contributed by atoms with Crippen molar-refractivity contribution in [2.24, 2.45) is 5.92 Å². The third-order valence-corrected chi connectivity index (χ3v) is 4.37. The van der Waals surface area contributed by atoms with Crippen molar-refractivity contribution in [1.29, 1.82) is 0 Å². The number of nitrogens with one attached hydrogen (secondary N) is 1. The predicted molar refractivity (Wildman–Crippen MR) is 75.7 cm³/mol. The van der Waals surface area contributed by atoms with Crippen LogP contribution in [-0.4, -0.2) is 65.5 Å². The highest BCUT2D eigenvalue weighted by Gasteiger charge is 2.37. The molecule has 0 spiro atoms. The van der Waals surface area contributed by atoms with E-state index in [1.165, 1.54) is 0 Å². The van der Waals surface area contributed by atoms with Gasteiger partial charge in [-0.3, -0.25) is 9.59 Å². The van der Waals surface area contributed by atoms with E-state index in [0.717, 1.165) is 12.8 Å². The summed E-state index contributed by atoms with van der Waals surface area (Å²) >= 11 is 0. The van der Waals surface area contributed by atoms with Crippen LogP contribution in [0.5, 0.6) is 0 Å². The molecule has 0 aliphatic carbocycles. The van der Waals surface area contributed by atoms with Gasteiger partial charge in [-0.1, -0.05) is 0 Å². The topological polar surface area (TPSA) is 90.0 Å². The zero-order valence-corrected chi connectivity index (χ0v) is 12.4. The van der Waals surface area contributed by atoms with Crippen molar-refractivity contribution in [2.75, 3.05) is 26.7 Å². The first kappa shape index (κ1) is 15.6. The number of hydrogen-bond acceptors (Lipinski definition) is 3. The predicted octanol–water partition coefficient (Wildman–Crippen LogP) is 0.504. The minimum Gasteiger partial charge on any atom is -0.481 e. The molecule has 7 heteroatoms. The van der Waals surface area contributed by atoms with E-state index < -0.39 is 5.97 Å². The summed E-state index contributed by atoms with van der Waals surface area (Å²) in [5.74, 6) is -0.646. The number of rotatable bonds is 4. The number of urea groups is 1. The highest BCUT2D eigenvalue weighted by atomic mass is 16.4. The fraction of sp³-hybridized carbons (Fsp3) is 0.786. The van der Waals surface area contributed by atoms with E-state index in [1.54, 1.807) is 16.8 Å². The molecule has 2 unspecified atom stereocenters. The third-order valence-electron chi connectivity index (χ3n) is 4.37. The first-order chi connectivity index (χ1) is 10.0. The van der Waals surface area contributed by atoms with Gasteiger partial charge in [0.05, 0.1) is 0 Å². The number of amides is 3. The Kier molecular flexibility index (Phi) is 5.03. The van der Waals surface area contributed by atoms with Gasteiger partial charge in [0.1, 0.15) is 6.04 Å². The molecule has 0 bridgehead atoms. The lowest BCUT2D eigenvalue weighted by Crippen LogP contribution is -2.49. The number of carbonyl (C=O) groups excluding carboxylic acids is 2. The van der Waals surface area contributed by atoms with Crippen LogP contribution in [0, 0.1) is 5.92 Å². The zero-order chi connectivity index (χ0) is 15.4. The second-order valence-corrected chi connectivity index (χ2v) is 5.78. The van der Waals surface area contributed by atoms with Gasteiger partial charge in [-0.2, -0.15) is 0 Å². The number of carboxylic acid groups (broad SMARTS) is 1. The summed E-state index contributed by atoms with van der Waals surface area (Å²) in [7, 11) is 1.58. The number of carbonyl (C=O) groups is 3. The molecule has 2 N–H and O–H groups in total. The number of likely N-dealkylation sites (N-methyl/N-ethyl adjacent to an activating group) is 1.